The highest BCUT2D eigenvalue weighted by molar-refractivity contribution is 5.92. The number of aryl methyl sites for hydroxylation is 2. The molecular formula is C14H20N6O2. The molecule has 0 bridgehead atoms. The van der Waals surface area contributed by atoms with Crippen LogP contribution >= 0.6 is 0 Å². The van der Waals surface area contributed by atoms with Gasteiger partial charge in [-0.05, 0) is 19.4 Å². The molecule has 0 radical (unpaired) electrons. The zero-order chi connectivity index (χ0) is 15.7. The lowest BCUT2D eigenvalue weighted by atomic mass is 10.3. The van der Waals surface area contributed by atoms with Crippen LogP contribution in [0.4, 0.5) is 0 Å². The maximum Gasteiger partial charge on any atom is 0.274 e. The van der Waals surface area contributed by atoms with Crippen LogP contribution in [0.3, 0.4) is 0 Å². The highest BCUT2D eigenvalue weighted by Crippen LogP contribution is 2.22. The van der Waals surface area contributed by atoms with Gasteiger partial charge in [-0.25, -0.2) is 4.68 Å². The first kappa shape index (κ1) is 14.7. The van der Waals surface area contributed by atoms with Crippen molar-refractivity contribution in [2.24, 2.45) is 7.05 Å². The van der Waals surface area contributed by atoms with E-state index in [1.807, 2.05) is 35.8 Å². The minimum absolute atomic E-state index is 0.0246. The van der Waals surface area contributed by atoms with E-state index >= 15 is 0 Å². The number of rotatable bonds is 4. The first-order chi connectivity index (χ1) is 10.6. The number of hydrogen-bond acceptors (Lipinski definition) is 5. The number of hydrogen-bond donors (Lipinski definition) is 0. The van der Waals surface area contributed by atoms with Crippen LogP contribution < -0.4 is 0 Å². The minimum atomic E-state index is -0.0246. The number of carbonyl (C=O) groups excluding carboxylic acids is 1. The van der Waals surface area contributed by atoms with E-state index in [4.69, 9.17) is 4.74 Å². The van der Waals surface area contributed by atoms with Crippen molar-refractivity contribution in [1.82, 2.24) is 29.7 Å². The molecule has 0 saturated carbocycles. The van der Waals surface area contributed by atoms with E-state index in [0.717, 1.165) is 17.8 Å². The number of aromatic nitrogens is 5. The van der Waals surface area contributed by atoms with Gasteiger partial charge in [0.25, 0.3) is 5.91 Å². The van der Waals surface area contributed by atoms with Gasteiger partial charge in [0, 0.05) is 32.9 Å². The molecule has 118 valence electrons. The average molecular weight is 304 g/mol. The molecule has 8 heteroatoms. The topological polar surface area (TPSA) is 78.1 Å². The van der Waals surface area contributed by atoms with Crippen molar-refractivity contribution < 1.29 is 9.53 Å². The summed E-state index contributed by atoms with van der Waals surface area (Å²) in [6.45, 7) is 3.72. The Morgan fingerprint density at radius 1 is 1.50 bits per heavy atom. The summed E-state index contributed by atoms with van der Waals surface area (Å²) in [5, 5.41) is 12.4. The molecule has 0 unspecified atom stereocenters. The number of ether oxygens (including phenoxy) is 1. The van der Waals surface area contributed by atoms with E-state index in [-0.39, 0.29) is 11.9 Å². The Morgan fingerprint density at radius 3 is 3.00 bits per heavy atom. The summed E-state index contributed by atoms with van der Waals surface area (Å²) >= 11 is 0. The standard InChI is InChI=1S/C14H20N6O2/c1-10-6-13(16-18(10)2)14(21)19-5-4-12(8-19)20-7-11(9-22-3)15-17-20/h6-7,12H,4-5,8-9H2,1-3H3/t12-/m1/s1. The van der Waals surface area contributed by atoms with Gasteiger partial charge in [0.15, 0.2) is 5.69 Å². The smallest absolute Gasteiger partial charge is 0.274 e. The Hall–Kier alpha value is -2.22. The molecule has 3 heterocycles. The molecular weight excluding hydrogens is 284 g/mol. The Balaban J connectivity index is 1.67. The molecule has 0 aliphatic carbocycles. The van der Waals surface area contributed by atoms with Crippen molar-refractivity contribution in [2.75, 3.05) is 20.2 Å². The summed E-state index contributed by atoms with van der Waals surface area (Å²) in [6.07, 6.45) is 2.75. The number of methoxy groups -OCH3 is 1. The van der Waals surface area contributed by atoms with Gasteiger partial charge in [-0.1, -0.05) is 5.21 Å². The van der Waals surface area contributed by atoms with E-state index in [0.29, 0.717) is 25.4 Å². The molecule has 1 fully saturated rings. The van der Waals surface area contributed by atoms with Crippen LogP contribution in [0.5, 0.6) is 0 Å². The second kappa shape index (κ2) is 5.88. The van der Waals surface area contributed by atoms with Gasteiger partial charge < -0.3 is 9.64 Å². The predicted octanol–water partition coefficient (Wildman–Crippen LogP) is 0.554. The Kier molecular flexibility index (Phi) is 3.93. The lowest BCUT2D eigenvalue weighted by Crippen LogP contribution is -2.29. The van der Waals surface area contributed by atoms with Crippen LogP contribution in [0, 0.1) is 6.92 Å². The average Bonchev–Trinajstić information content (AvgIpc) is 3.19. The van der Waals surface area contributed by atoms with E-state index in [1.54, 1.807) is 11.8 Å². The minimum Gasteiger partial charge on any atom is -0.378 e. The largest absolute Gasteiger partial charge is 0.378 e. The molecule has 1 aliphatic heterocycles. The fourth-order valence-electron chi connectivity index (χ4n) is 2.68. The van der Waals surface area contributed by atoms with E-state index < -0.39 is 0 Å². The number of amides is 1. The lowest BCUT2D eigenvalue weighted by Gasteiger charge is -2.14. The molecule has 1 amide bonds. The van der Waals surface area contributed by atoms with Crippen LogP contribution in [-0.4, -0.2) is 55.8 Å². The molecule has 1 saturated heterocycles. The van der Waals surface area contributed by atoms with Gasteiger partial charge >= 0.3 is 0 Å². The first-order valence-electron chi connectivity index (χ1n) is 7.28. The van der Waals surface area contributed by atoms with Crippen LogP contribution in [0.1, 0.15) is 34.3 Å². The lowest BCUT2D eigenvalue weighted by molar-refractivity contribution is 0.0780. The van der Waals surface area contributed by atoms with E-state index in [2.05, 4.69) is 15.4 Å². The molecule has 1 atom stereocenters. The highest BCUT2D eigenvalue weighted by atomic mass is 16.5. The van der Waals surface area contributed by atoms with Crippen LogP contribution in [-0.2, 0) is 18.4 Å². The summed E-state index contributed by atoms with van der Waals surface area (Å²) in [5.41, 5.74) is 2.27. The van der Waals surface area contributed by atoms with Crippen LogP contribution in [0.2, 0.25) is 0 Å². The molecule has 1 aliphatic rings. The van der Waals surface area contributed by atoms with Gasteiger partial charge in [-0.2, -0.15) is 5.10 Å². The molecule has 0 aromatic carbocycles. The zero-order valence-corrected chi connectivity index (χ0v) is 13.1. The normalized spacial score (nSPS) is 18.1. The van der Waals surface area contributed by atoms with Crippen LogP contribution in [0.25, 0.3) is 0 Å². The summed E-state index contributed by atoms with van der Waals surface area (Å²) in [6, 6.07) is 1.98. The van der Waals surface area contributed by atoms with Crippen molar-refractivity contribution in [1.29, 1.82) is 0 Å². The molecule has 0 spiro atoms. The van der Waals surface area contributed by atoms with Gasteiger partial charge in [-0.3, -0.25) is 9.48 Å². The molecule has 0 N–H and O–H groups in total. The molecule has 2 aromatic heterocycles. The fraction of sp³-hybridized carbons (Fsp3) is 0.571. The number of carbonyl (C=O) groups is 1. The first-order valence-corrected chi connectivity index (χ1v) is 7.28. The highest BCUT2D eigenvalue weighted by Gasteiger charge is 2.30. The zero-order valence-electron chi connectivity index (χ0n) is 13.1. The number of nitrogens with zero attached hydrogens (tertiary/aromatic N) is 6. The third-order valence-electron chi connectivity index (χ3n) is 4.01. The summed E-state index contributed by atoms with van der Waals surface area (Å²) in [7, 11) is 3.47. The molecule has 8 nitrogen and oxygen atoms in total. The van der Waals surface area contributed by atoms with Crippen molar-refractivity contribution in [3.63, 3.8) is 0 Å². The van der Waals surface area contributed by atoms with E-state index in [1.165, 1.54) is 0 Å². The van der Waals surface area contributed by atoms with Gasteiger partial charge in [-0.15, -0.1) is 5.10 Å². The van der Waals surface area contributed by atoms with Crippen molar-refractivity contribution in [3.05, 3.63) is 29.3 Å². The second-order valence-electron chi connectivity index (χ2n) is 5.61. The molecule has 22 heavy (non-hydrogen) atoms. The summed E-state index contributed by atoms with van der Waals surface area (Å²) in [4.78, 5) is 14.3. The number of likely N-dealkylation sites (tertiary alicyclic amines) is 1. The third-order valence-corrected chi connectivity index (χ3v) is 4.01. The van der Waals surface area contributed by atoms with Gasteiger partial charge in [0.1, 0.15) is 5.69 Å². The second-order valence-corrected chi connectivity index (χ2v) is 5.61. The Morgan fingerprint density at radius 2 is 2.32 bits per heavy atom. The summed E-state index contributed by atoms with van der Waals surface area (Å²) in [5.74, 6) is -0.0246. The quantitative estimate of drug-likeness (QED) is 0.824. The molecule has 2 aromatic rings. The Labute approximate surface area is 128 Å². The fourth-order valence-corrected chi connectivity index (χ4v) is 2.68. The maximum atomic E-state index is 12.5. The summed E-state index contributed by atoms with van der Waals surface area (Å²) < 4.78 is 8.59. The van der Waals surface area contributed by atoms with E-state index in [9.17, 15) is 4.79 Å². The SMILES string of the molecule is COCc1cn([C@@H]2CCN(C(=O)c3cc(C)n(C)n3)C2)nn1. The monoisotopic (exact) mass is 304 g/mol. The molecule has 3 rings (SSSR count). The van der Waals surface area contributed by atoms with Gasteiger partial charge in [0.2, 0.25) is 0 Å². The maximum absolute atomic E-state index is 12.5. The van der Waals surface area contributed by atoms with Crippen molar-refractivity contribution >= 4 is 5.91 Å². The van der Waals surface area contributed by atoms with Crippen LogP contribution in [0.15, 0.2) is 12.3 Å². The Bertz CT molecular complexity index is 657. The van der Waals surface area contributed by atoms with Crippen molar-refractivity contribution in [3.8, 4) is 0 Å². The third kappa shape index (κ3) is 2.74. The predicted molar refractivity (Wildman–Crippen MR) is 78.2 cm³/mol. The van der Waals surface area contributed by atoms with Crippen molar-refractivity contribution in [2.45, 2.75) is 26.0 Å². The van der Waals surface area contributed by atoms with Gasteiger partial charge in [0.05, 0.1) is 18.8 Å².